The Kier molecular flexibility index (Phi) is 6.65. The zero-order chi connectivity index (χ0) is 13.5. The summed E-state index contributed by atoms with van der Waals surface area (Å²) >= 11 is 0. The van der Waals surface area contributed by atoms with Crippen molar-refractivity contribution in [1.82, 2.24) is 4.90 Å². The van der Waals surface area contributed by atoms with Crippen molar-refractivity contribution in [3.05, 3.63) is 0 Å². The van der Waals surface area contributed by atoms with E-state index in [1.54, 1.807) is 0 Å². The quantitative estimate of drug-likeness (QED) is 0.788. The monoisotopic (exact) mass is 256 g/mol. The lowest BCUT2D eigenvalue weighted by molar-refractivity contribution is -0.148. The summed E-state index contributed by atoms with van der Waals surface area (Å²) < 4.78 is 5.69. The summed E-state index contributed by atoms with van der Waals surface area (Å²) in [6, 6.07) is 0. The number of hydrogen-bond acceptors (Lipinski definition) is 3. The number of nitrogens with zero attached hydrogens (tertiary/aromatic N) is 1. The van der Waals surface area contributed by atoms with E-state index in [-0.39, 0.29) is 18.1 Å². The first kappa shape index (κ1) is 15.4. The molecule has 4 heteroatoms. The molecule has 1 fully saturated rings. The number of ether oxygens (including phenoxy) is 1. The van der Waals surface area contributed by atoms with Crippen molar-refractivity contribution in [1.29, 1.82) is 0 Å². The van der Waals surface area contributed by atoms with E-state index in [0.29, 0.717) is 25.5 Å². The lowest BCUT2D eigenvalue weighted by atomic mass is 9.97. The Morgan fingerprint density at radius 3 is 2.72 bits per heavy atom. The normalized spacial score (nSPS) is 26.1. The number of nitrogens with two attached hydrogens (primary N) is 1. The van der Waals surface area contributed by atoms with E-state index in [0.717, 1.165) is 25.7 Å². The molecule has 1 saturated heterocycles. The highest BCUT2D eigenvalue weighted by atomic mass is 16.5. The van der Waals surface area contributed by atoms with Gasteiger partial charge < -0.3 is 15.4 Å². The second-order valence-corrected chi connectivity index (χ2v) is 5.30. The van der Waals surface area contributed by atoms with Gasteiger partial charge in [-0.1, -0.05) is 26.7 Å². The summed E-state index contributed by atoms with van der Waals surface area (Å²) in [5.41, 5.74) is 5.65. The first-order chi connectivity index (χ1) is 8.62. The van der Waals surface area contributed by atoms with Crippen molar-refractivity contribution >= 4 is 5.91 Å². The maximum atomic E-state index is 12.5. The molecule has 0 aromatic carbocycles. The van der Waals surface area contributed by atoms with Gasteiger partial charge in [0.15, 0.2) is 0 Å². The lowest BCUT2D eigenvalue weighted by Gasteiger charge is -2.38. The molecule has 0 bridgehead atoms. The van der Waals surface area contributed by atoms with E-state index in [9.17, 15) is 4.79 Å². The van der Waals surface area contributed by atoms with Gasteiger partial charge in [0.2, 0.25) is 5.91 Å². The predicted molar refractivity (Wildman–Crippen MR) is 73.3 cm³/mol. The first-order valence-electron chi connectivity index (χ1n) is 7.26. The molecule has 0 aliphatic carbocycles. The lowest BCUT2D eigenvalue weighted by Crippen LogP contribution is -2.52. The van der Waals surface area contributed by atoms with Crippen LogP contribution >= 0.6 is 0 Å². The van der Waals surface area contributed by atoms with Crippen LogP contribution in [0.4, 0.5) is 0 Å². The molecular weight excluding hydrogens is 228 g/mol. The molecule has 0 saturated carbocycles. The van der Waals surface area contributed by atoms with Crippen LogP contribution in [0.25, 0.3) is 0 Å². The van der Waals surface area contributed by atoms with Crippen molar-refractivity contribution in [2.75, 3.05) is 19.6 Å². The molecule has 1 aliphatic rings. The van der Waals surface area contributed by atoms with Crippen molar-refractivity contribution in [2.24, 2.45) is 11.7 Å². The van der Waals surface area contributed by atoms with Crippen molar-refractivity contribution in [3.63, 3.8) is 0 Å². The number of rotatable bonds is 6. The number of amides is 1. The van der Waals surface area contributed by atoms with Gasteiger partial charge in [-0.3, -0.25) is 4.79 Å². The van der Waals surface area contributed by atoms with E-state index in [4.69, 9.17) is 10.5 Å². The Morgan fingerprint density at radius 1 is 1.44 bits per heavy atom. The summed E-state index contributed by atoms with van der Waals surface area (Å²) in [6.45, 7) is 8.12. The second kappa shape index (κ2) is 7.74. The molecule has 106 valence electrons. The van der Waals surface area contributed by atoms with Gasteiger partial charge in [-0.05, 0) is 19.8 Å². The molecule has 1 aliphatic heterocycles. The van der Waals surface area contributed by atoms with Gasteiger partial charge in [0, 0.05) is 25.6 Å². The van der Waals surface area contributed by atoms with Crippen LogP contribution in [0.5, 0.6) is 0 Å². The number of carbonyl (C=O) groups excluding carboxylic acids is 1. The van der Waals surface area contributed by atoms with Gasteiger partial charge in [-0.2, -0.15) is 0 Å². The molecular formula is C14H28N2O2. The van der Waals surface area contributed by atoms with Crippen LogP contribution in [0.15, 0.2) is 0 Å². The SMILES string of the molecule is CCCCC(CC)C(=O)N1CC(C)OC(CN)C1. The third-order valence-electron chi connectivity index (χ3n) is 3.65. The van der Waals surface area contributed by atoms with Gasteiger partial charge in [-0.15, -0.1) is 0 Å². The molecule has 0 aromatic rings. The first-order valence-corrected chi connectivity index (χ1v) is 7.26. The van der Waals surface area contributed by atoms with Gasteiger partial charge >= 0.3 is 0 Å². The molecule has 0 spiro atoms. The minimum Gasteiger partial charge on any atom is -0.370 e. The minimum atomic E-state index is 0.00128. The fourth-order valence-electron chi connectivity index (χ4n) is 2.57. The Morgan fingerprint density at radius 2 is 2.17 bits per heavy atom. The largest absolute Gasteiger partial charge is 0.370 e. The Labute approximate surface area is 111 Å². The summed E-state index contributed by atoms with van der Waals surface area (Å²) in [7, 11) is 0. The molecule has 3 unspecified atom stereocenters. The van der Waals surface area contributed by atoms with Crippen LogP contribution in [0.2, 0.25) is 0 Å². The zero-order valence-corrected chi connectivity index (χ0v) is 12.0. The van der Waals surface area contributed by atoms with Gasteiger partial charge in [-0.25, -0.2) is 0 Å². The van der Waals surface area contributed by atoms with E-state index in [1.165, 1.54) is 0 Å². The summed E-state index contributed by atoms with van der Waals surface area (Å²) in [5.74, 6) is 0.466. The molecule has 4 nitrogen and oxygen atoms in total. The fourth-order valence-corrected chi connectivity index (χ4v) is 2.57. The maximum Gasteiger partial charge on any atom is 0.225 e. The van der Waals surface area contributed by atoms with E-state index < -0.39 is 0 Å². The van der Waals surface area contributed by atoms with Crippen LogP contribution < -0.4 is 5.73 Å². The number of morpholine rings is 1. The number of hydrogen-bond donors (Lipinski definition) is 1. The Bertz CT molecular complexity index is 258. The Balaban J connectivity index is 2.57. The average molecular weight is 256 g/mol. The second-order valence-electron chi connectivity index (χ2n) is 5.30. The topological polar surface area (TPSA) is 55.6 Å². The van der Waals surface area contributed by atoms with E-state index in [2.05, 4.69) is 13.8 Å². The molecule has 0 radical (unpaired) electrons. The standard InChI is InChI=1S/C14H28N2O2/c1-4-6-7-12(5-2)14(17)16-9-11(3)18-13(8-15)10-16/h11-13H,4-10,15H2,1-3H3. The summed E-state index contributed by atoms with van der Waals surface area (Å²) in [6.07, 6.45) is 4.31. The van der Waals surface area contributed by atoms with Crippen LogP contribution in [0, 0.1) is 5.92 Å². The highest BCUT2D eigenvalue weighted by Crippen LogP contribution is 2.19. The molecule has 18 heavy (non-hydrogen) atoms. The van der Waals surface area contributed by atoms with Crippen LogP contribution in [0.3, 0.4) is 0 Å². The molecule has 0 aromatic heterocycles. The van der Waals surface area contributed by atoms with Gasteiger partial charge in [0.05, 0.1) is 12.2 Å². The highest BCUT2D eigenvalue weighted by Gasteiger charge is 2.30. The van der Waals surface area contributed by atoms with E-state index in [1.807, 2.05) is 11.8 Å². The molecule has 3 atom stereocenters. The summed E-state index contributed by atoms with van der Waals surface area (Å²) in [4.78, 5) is 14.4. The van der Waals surface area contributed by atoms with Crippen LogP contribution in [-0.4, -0.2) is 42.6 Å². The fraction of sp³-hybridized carbons (Fsp3) is 0.929. The molecule has 1 heterocycles. The van der Waals surface area contributed by atoms with Crippen LogP contribution in [-0.2, 0) is 9.53 Å². The Hall–Kier alpha value is -0.610. The molecule has 1 rings (SSSR count). The highest BCUT2D eigenvalue weighted by molar-refractivity contribution is 5.79. The number of carbonyl (C=O) groups is 1. The zero-order valence-electron chi connectivity index (χ0n) is 12.0. The smallest absolute Gasteiger partial charge is 0.225 e. The van der Waals surface area contributed by atoms with Crippen molar-refractivity contribution < 1.29 is 9.53 Å². The van der Waals surface area contributed by atoms with Gasteiger partial charge in [0.1, 0.15) is 0 Å². The van der Waals surface area contributed by atoms with Gasteiger partial charge in [0.25, 0.3) is 0 Å². The van der Waals surface area contributed by atoms with Crippen molar-refractivity contribution in [2.45, 2.75) is 58.7 Å². The average Bonchev–Trinajstić information content (AvgIpc) is 2.38. The molecule has 2 N–H and O–H groups in total. The van der Waals surface area contributed by atoms with Crippen LogP contribution in [0.1, 0.15) is 46.5 Å². The minimum absolute atomic E-state index is 0.00128. The third kappa shape index (κ3) is 4.25. The van der Waals surface area contributed by atoms with Crippen molar-refractivity contribution in [3.8, 4) is 0 Å². The number of unbranched alkanes of at least 4 members (excludes halogenated alkanes) is 1. The molecule has 1 amide bonds. The third-order valence-corrected chi connectivity index (χ3v) is 3.65. The maximum absolute atomic E-state index is 12.5. The van der Waals surface area contributed by atoms with E-state index >= 15 is 0 Å². The summed E-state index contributed by atoms with van der Waals surface area (Å²) in [5, 5.41) is 0. The predicted octanol–water partition coefficient (Wildman–Crippen LogP) is 1.78.